The lowest BCUT2D eigenvalue weighted by Crippen LogP contribution is -2.24. The molecule has 1 aliphatic rings. The Kier molecular flexibility index (Phi) is 5.38. The number of hydrogen-bond acceptors (Lipinski definition) is 4. The van der Waals surface area contributed by atoms with Crippen LogP contribution < -0.4 is 10.6 Å². The Bertz CT molecular complexity index is 1270. The first-order valence-electron chi connectivity index (χ1n) is 10.7. The molecule has 0 aliphatic heterocycles. The van der Waals surface area contributed by atoms with Crippen molar-refractivity contribution in [3.8, 4) is 0 Å². The van der Waals surface area contributed by atoms with E-state index in [-0.39, 0.29) is 17.7 Å². The van der Waals surface area contributed by atoms with Crippen molar-refractivity contribution in [1.29, 1.82) is 0 Å². The van der Waals surface area contributed by atoms with Crippen molar-refractivity contribution in [2.75, 3.05) is 10.6 Å². The van der Waals surface area contributed by atoms with Gasteiger partial charge in [-0.1, -0.05) is 60.9 Å². The molecule has 1 saturated carbocycles. The number of fused-ring (bicyclic) bond motifs is 2. The number of nitrogens with one attached hydrogen (secondary N) is 2. The van der Waals surface area contributed by atoms with Gasteiger partial charge in [-0.15, -0.1) is 0 Å². The highest BCUT2D eigenvalue weighted by Gasteiger charge is 2.21. The molecule has 1 aromatic heterocycles. The number of benzene rings is 3. The summed E-state index contributed by atoms with van der Waals surface area (Å²) in [7, 11) is 0. The van der Waals surface area contributed by atoms with Crippen LogP contribution in [0.15, 0.2) is 60.7 Å². The summed E-state index contributed by atoms with van der Waals surface area (Å²) in [5, 5.41) is 8.62. The Hall–Kier alpha value is -3.25. The van der Waals surface area contributed by atoms with Crippen LogP contribution in [0.3, 0.4) is 0 Å². The van der Waals surface area contributed by atoms with E-state index in [0.717, 1.165) is 52.4 Å². The van der Waals surface area contributed by atoms with E-state index < -0.39 is 0 Å². The van der Waals surface area contributed by atoms with Crippen molar-refractivity contribution in [3.63, 3.8) is 0 Å². The predicted molar refractivity (Wildman–Crippen MR) is 127 cm³/mol. The predicted octanol–water partition coefficient (Wildman–Crippen LogP) is 6.22. The van der Waals surface area contributed by atoms with Crippen molar-refractivity contribution in [2.45, 2.75) is 32.1 Å². The summed E-state index contributed by atoms with van der Waals surface area (Å²) >= 11 is 1.41. The summed E-state index contributed by atoms with van der Waals surface area (Å²) in [5.41, 5.74) is 2.17. The van der Waals surface area contributed by atoms with Gasteiger partial charge >= 0.3 is 0 Å². The molecule has 1 fully saturated rings. The van der Waals surface area contributed by atoms with Gasteiger partial charge in [-0.05, 0) is 53.9 Å². The summed E-state index contributed by atoms with van der Waals surface area (Å²) in [5.74, 6) is 0.0340. The molecule has 2 amide bonds. The van der Waals surface area contributed by atoms with Gasteiger partial charge in [0.05, 0.1) is 10.2 Å². The first kappa shape index (κ1) is 19.7. The van der Waals surface area contributed by atoms with Gasteiger partial charge in [0, 0.05) is 17.2 Å². The number of anilines is 2. The Morgan fingerprint density at radius 1 is 0.871 bits per heavy atom. The molecule has 5 nitrogen and oxygen atoms in total. The van der Waals surface area contributed by atoms with Gasteiger partial charge in [0.25, 0.3) is 5.91 Å². The lowest BCUT2D eigenvalue weighted by Gasteiger charge is -2.20. The number of nitrogens with zero attached hydrogens (tertiary/aromatic N) is 1. The third-order valence-corrected chi connectivity index (χ3v) is 6.80. The molecule has 156 valence electrons. The molecular weight excluding hydrogens is 406 g/mol. The van der Waals surface area contributed by atoms with Crippen LogP contribution in [0.4, 0.5) is 10.8 Å². The summed E-state index contributed by atoms with van der Waals surface area (Å²) in [4.78, 5) is 29.8. The van der Waals surface area contributed by atoms with Gasteiger partial charge in [0.15, 0.2) is 5.13 Å². The second kappa shape index (κ2) is 8.47. The van der Waals surface area contributed by atoms with Crippen LogP contribution >= 0.6 is 11.3 Å². The Labute approximate surface area is 184 Å². The summed E-state index contributed by atoms with van der Waals surface area (Å²) < 4.78 is 0.926. The number of rotatable bonds is 4. The van der Waals surface area contributed by atoms with Crippen LogP contribution in [0.1, 0.15) is 42.5 Å². The molecule has 0 spiro atoms. The molecule has 4 aromatic rings. The molecule has 5 rings (SSSR count). The second-order valence-corrected chi connectivity index (χ2v) is 9.07. The summed E-state index contributed by atoms with van der Waals surface area (Å²) in [6.45, 7) is 0. The van der Waals surface area contributed by atoms with Gasteiger partial charge in [-0.3, -0.25) is 14.9 Å². The average molecular weight is 430 g/mol. The molecule has 6 heteroatoms. The third kappa shape index (κ3) is 4.30. The first-order chi connectivity index (χ1) is 15.2. The maximum Gasteiger partial charge on any atom is 0.257 e. The quantitative estimate of drug-likeness (QED) is 0.404. The van der Waals surface area contributed by atoms with Crippen molar-refractivity contribution in [2.24, 2.45) is 5.92 Å². The van der Waals surface area contributed by atoms with Crippen molar-refractivity contribution >= 4 is 55.0 Å². The zero-order valence-corrected chi connectivity index (χ0v) is 17.9. The van der Waals surface area contributed by atoms with E-state index in [1.165, 1.54) is 17.8 Å². The maximum atomic E-state index is 12.7. The topological polar surface area (TPSA) is 71.1 Å². The average Bonchev–Trinajstić information content (AvgIpc) is 3.20. The monoisotopic (exact) mass is 429 g/mol. The number of aromatic nitrogens is 1. The minimum absolute atomic E-state index is 0.105. The number of hydrogen-bond donors (Lipinski definition) is 2. The highest BCUT2D eigenvalue weighted by atomic mass is 32.1. The molecule has 0 bridgehead atoms. The van der Waals surface area contributed by atoms with Gasteiger partial charge in [0.1, 0.15) is 0 Å². The van der Waals surface area contributed by atoms with E-state index in [9.17, 15) is 9.59 Å². The molecule has 0 saturated heterocycles. The number of carbonyl (C=O) groups is 2. The standard InChI is InChI=1S/C25H23N3O2S/c29-23(17-7-2-1-3-8-17)26-20-12-13-21-22(15-20)31-25(27-21)28-24(30)19-11-10-16-6-4-5-9-18(16)14-19/h4-6,9-15,17H,1-3,7-8H2,(H,26,29)(H,27,28,30). The number of thiazole rings is 1. The van der Waals surface area contributed by atoms with Gasteiger partial charge in [0.2, 0.25) is 5.91 Å². The molecule has 1 heterocycles. The first-order valence-corrected chi connectivity index (χ1v) is 11.5. The largest absolute Gasteiger partial charge is 0.326 e. The van der Waals surface area contributed by atoms with E-state index in [1.54, 1.807) is 0 Å². The van der Waals surface area contributed by atoms with E-state index in [1.807, 2.05) is 60.7 Å². The zero-order chi connectivity index (χ0) is 21.2. The van der Waals surface area contributed by atoms with Crippen molar-refractivity contribution in [1.82, 2.24) is 4.98 Å². The van der Waals surface area contributed by atoms with Crippen LogP contribution in [0.5, 0.6) is 0 Å². The van der Waals surface area contributed by atoms with Gasteiger partial charge < -0.3 is 5.32 Å². The third-order valence-electron chi connectivity index (χ3n) is 5.86. The zero-order valence-electron chi connectivity index (χ0n) is 17.1. The molecule has 31 heavy (non-hydrogen) atoms. The highest BCUT2D eigenvalue weighted by molar-refractivity contribution is 7.22. The summed E-state index contributed by atoms with van der Waals surface area (Å²) in [6, 6.07) is 19.3. The molecule has 0 radical (unpaired) electrons. The SMILES string of the molecule is O=C(Nc1nc2ccc(NC(=O)C3CCCCC3)cc2s1)c1ccc2ccccc2c1. The van der Waals surface area contributed by atoms with Crippen LogP contribution in [0, 0.1) is 5.92 Å². The molecule has 1 aliphatic carbocycles. The molecule has 0 unspecified atom stereocenters. The van der Waals surface area contributed by atoms with Gasteiger partial charge in [-0.2, -0.15) is 0 Å². The fourth-order valence-corrected chi connectivity index (χ4v) is 5.06. The minimum atomic E-state index is -0.185. The number of carbonyl (C=O) groups excluding carboxylic acids is 2. The normalized spacial score (nSPS) is 14.6. The lowest BCUT2D eigenvalue weighted by atomic mass is 9.88. The number of amides is 2. The van der Waals surface area contributed by atoms with E-state index >= 15 is 0 Å². The Morgan fingerprint density at radius 3 is 2.52 bits per heavy atom. The maximum absolute atomic E-state index is 12.7. The van der Waals surface area contributed by atoms with E-state index in [2.05, 4.69) is 15.6 Å². The van der Waals surface area contributed by atoms with Crippen LogP contribution in [-0.2, 0) is 4.79 Å². The Morgan fingerprint density at radius 2 is 1.68 bits per heavy atom. The van der Waals surface area contributed by atoms with Crippen LogP contribution in [0.2, 0.25) is 0 Å². The summed E-state index contributed by atoms with van der Waals surface area (Å²) in [6.07, 6.45) is 5.43. The van der Waals surface area contributed by atoms with Crippen LogP contribution in [-0.4, -0.2) is 16.8 Å². The lowest BCUT2D eigenvalue weighted by molar-refractivity contribution is -0.120. The van der Waals surface area contributed by atoms with Crippen molar-refractivity contribution in [3.05, 3.63) is 66.2 Å². The minimum Gasteiger partial charge on any atom is -0.326 e. The van der Waals surface area contributed by atoms with Crippen molar-refractivity contribution < 1.29 is 9.59 Å². The highest BCUT2D eigenvalue weighted by Crippen LogP contribution is 2.30. The van der Waals surface area contributed by atoms with Gasteiger partial charge in [-0.25, -0.2) is 4.98 Å². The van der Waals surface area contributed by atoms with E-state index in [0.29, 0.717) is 10.7 Å². The van der Waals surface area contributed by atoms with E-state index in [4.69, 9.17) is 0 Å². The van der Waals surface area contributed by atoms with Crippen LogP contribution in [0.25, 0.3) is 21.0 Å². The smallest absolute Gasteiger partial charge is 0.257 e. The molecule has 3 aromatic carbocycles. The fraction of sp³-hybridized carbons (Fsp3) is 0.240. The fourth-order valence-electron chi connectivity index (χ4n) is 4.16. The second-order valence-electron chi connectivity index (χ2n) is 8.04. The molecule has 2 N–H and O–H groups in total. The molecular formula is C25H23N3O2S. The molecule has 0 atom stereocenters. The Balaban J connectivity index is 1.31.